The molecule has 0 fully saturated rings. The van der Waals surface area contributed by atoms with Crippen LogP contribution in [0.4, 0.5) is 5.13 Å². The maximum atomic E-state index is 12.4. The number of amides is 1. The molecular weight excluding hydrogens is 352 g/mol. The summed E-state index contributed by atoms with van der Waals surface area (Å²) in [7, 11) is 0. The number of carbonyl (C=O) groups excluding carboxylic acids is 2. The molecule has 1 heterocycles. The van der Waals surface area contributed by atoms with Gasteiger partial charge in [0.15, 0.2) is 16.9 Å². The number of ether oxygens (including phenoxy) is 2. The lowest BCUT2D eigenvalue weighted by Crippen LogP contribution is -2.30. The fourth-order valence-electron chi connectivity index (χ4n) is 2.18. The Labute approximate surface area is 157 Å². The summed E-state index contributed by atoms with van der Waals surface area (Å²) in [6, 6.07) is 6.01. The van der Waals surface area contributed by atoms with Crippen LogP contribution >= 0.6 is 11.3 Å². The summed E-state index contributed by atoms with van der Waals surface area (Å²) < 4.78 is 10.7. The second-order valence-corrected chi connectivity index (χ2v) is 7.05. The summed E-state index contributed by atoms with van der Waals surface area (Å²) in [5.41, 5.74) is 2.30. The van der Waals surface area contributed by atoms with Gasteiger partial charge < -0.3 is 9.47 Å². The number of hydrogen-bond acceptors (Lipinski definition) is 6. The molecule has 2 rings (SSSR count). The number of aromatic nitrogens is 1. The number of nitrogens with one attached hydrogen (secondary N) is 1. The van der Waals surface area contributed by atoms with Crippen molar-refractivity contribution >= 4 is 28.3 Å². The lowest BCUT2D eigenvalue weighted by Gasteiger charge is -2.17. The average molecular weight is 376 g/mol. The van der Waals surface area contributed by atoms with Gasteiger partial charge in [0.05, 0.1) is 6.61 Å². The molecule has 2 aromatic rings. The van der Waals surface area contributed by atoms with Crippen LogP contribution in [0.2, 0.25) is 0 Å². The number of hydrogen-bond donors (Lipinski definition) is 1. The Morgan fingerprint density at radius 2 is 2.00 bits per heavy atom. The van der Waals surface area contributed by atoms with Crippen molar-refractivity contribution < 1.29 is 19.1 Å². The minimum Gasteiger partial charge on any atom is -0.481 e. The van der Waals surface area contributed by atoms with Gasteiger partial charge in [0, 0.05) is 5.38 Å². The van der Waals surface area contributed by atoms with E-state index in [1.165, 1.54) is 11.3 Å². The van der Waals surface area contributed by atoms with Crippen LogP contribution in [0.25, 0.3) is 0 Å². The predicted octanol–water partition coefficient (Wildman–Crippen LogP) is 4.16. The third-order valence-corrected chi connectivity index (χ3v) is 4.53. The lowest BCUT2D eigenvalue weighted by molar-refractivity contribution is -0.122. The molecule has 0 spiro atoms. The van der Waals surface area contributed by atoms with Gasteiger partial charge in [-0.05, 0) is 43.9 Å². The van der Waals surface area contributed by atoms with Crippen LogP contribution < -0.4 is 10.1 Å². The molecule has 1 aromatic carbocycles. The standard InChI is InChI=1S/C19H24N2O4S/c1-6-24-18(23)15-10-26-19(20-15)21-17(22)13(5)25-16-9-14(11(2)3)8-7-12(16)4/h7-11,13H,6H2,1-5H3,(H,20,21,22). The summed E-state index contributed by atoms with van der Waals surface area (Å²) >= 11 is 1.17. The first-order valence-corrected chi connectivity index (χ1v) is 9.40. The molecule has 7 heteroatoms. The zero-order valence-corrected chi connectivity index (χ0v) is 16.5. The van der Waals surface area contributed by atoms with Crippen molar-refractivity contribution in [3.05, 3.63) is 40.4 Å². The van der Waals surface area contributed by atoms with Gasteiger partial charge in [-0.25, -0.2) is 9.78 Å². The predicted molar refractivity (Wildman–Crippen MR) is 102 cm³/mol. The van der Waals surface area contributed by atoms with Crippen LogP contribution in [0, 0.1) is 6.92 Å². The summed E-state index contributed by atoms with van der Waals surface area (Å²) in [6.07, 6.45) is -0.703. The Bertz CT molecular complexity index is 786. The number of esters is 1. The number of benzene rings is 1. The van der Waals surface area contributed by atoms with E-state index in [2.05, 4.69) is 30.2 Å². The Balaban J connectivity index is 2.02. The Morgan fingerprint density at radius 3 is 2.65 bits per heavy atom. The third-order valence-electron chi connectivity index (χ3n) is 3.77. The van der Waals surface area contributed by atoms with Gasteiger partial charge in [-0.1, -0.05) is 26.0 Å². The molecule has 0 radical (unpaired) electrons. The highest BCUT2D eigenvalue weighted by Crippen LogP contribution is 2.25. The third kappa shape index (κ3) is 5.05. The monoisotopic (exact) mass is 376 g/mol. The number of nitrogens with zero attached hydrogens (tertiary/aromatic N) is 1. The van der Waals surface area contributed by atoms with E-state index in [1.807, 2.05) is 19.1 Å². The van der Waals surface area contributed by atoms with Crippen LogP contribution in [0.1, 0.15) is 55.2 Å². The second kappa shape index (κ2) is 8.80. The quantitative estimate of drug-likeness (QED) is 0.734. The van der Waals surface area contributed by atoms with Crippen molar-refractivity contribution in [2.75, 3.05) is 11.9 Å². The number of anilines is 1. The molecule has 0 aliphatic heterocycles. The molecular formula is C19H24N2O4S. The highest BCUT2D eigenvalue weighted by molar-refractivity contribution is 7.14. The maximum Gasteiger partial charge on any atom is 0.357 e. The van der Waals surface area contributed by atoms with Crippen LogP contribution in [0.3, 0.4) is 0 Å². The van der Waals surface area contributed by atoms with Crippen LogP contribution in [-0.2, 0) is 9.53 Å². The molecule has 1 atom stereocenters. The van der Waals surface area contributed by atoms with E-state index in [1.54, 1.807) is 19.2 Å². The number of carbonyl (C=O) groups is 2. The van der Waals surface area contributed by atoms with Gasteiger partial charge in [0.1, 0.15) is 5.75 Å². The normalized spacial score (nSPS) is 11.9. The molecule has 0 saturated carbocycles. The minimum atomic E-state index is -0.703. The fourth-order valence-corrected chi connectivity index (χ4v) is 2.87. The molecule has 26 heavy (non-hydrogen) atoms. The molecule has 0 bridgehead atoms. The summed E-state index contributed by atoms with van der Waals surface area (Å²) in [5, 5.41) is 4.56. The van der Waals surface area contributed by atoms with E-state index < -0.39 is 12.1 Å². The fraction of sp³-hybridized carbons (Fsp3) is 0.421. The van der Waals surface area contributed by atoms with E-state index in [9.17, 15) is 9.59 Å². The van der Waals surface area contributed by atoms with Crippen molar-refractivity contribution in [1.82, 2.24) is 4.98 Å². The van der Waals surface area contributed by atoms with Crippen molar-refractivity contribution in [3.63, 3.8) is 0 Å². The highest BCUT2D eigenvalue weighted by Gasteiger charge is 2.19. The van der Waals surface area contributed by atoms with Crippen molar-refractivity contribution in [3.8, 4) is 5.75 Å². The molecule has 0 aliphatic rings. The molecule has 0 saturated heterocycles. The lowest BCUT2D eigenvalue weighted by atomic mass is 10.0. The second-order valence-electron chi connectivity index (χ2n) is 6.19. The van der Waals surface area contributed by atoms with Gasteiger partial charge in [-0.15, -0.1) is 11.3 Å². The molecule has 1 unspecified atom stereocenters. The van der Waals surface area contributed by atoms with E-state index in [-0.39, 0.29) is 18.2 Å². The van der Waals surface area contributed by atoms with Gasteiger partial charge in [0.2, 0.25) is 0 Å². The van der Waals surface area contributed by atoms with Crippen LogP contribution in [0.15, 0.2) is 23.6 Å². The Kier molecular flexibility index (Phi) is 6.74. The van der Waals surface area contributed by atoms with Gasteiger partial charge >= 0.3 is 5.97 Å². The average Bonchev–Trinajstić information content (AvgIpc) is 3.05. The number of aryl methyl sites for hydroxylation is 1. The summed E-state index contributed by atoms with van der Waals surface area (Å²) in [6.45, 7) is 9.83. The topological polar surface area (TPSA) is 77.5 Å². The van der Waals surface area contributed by atoms with Crippen LogP contribution in [0.5, 0.6) is 5.75 Å². The van der Waals surface area contributed by atoms with E-state index >= 15 is 0 Å². The summed E-state index contributed by atoms with van der Waals surface area (Å²) in [4.78, 5) is 28.1. The first-order valence-electron chi connectivity index (χ1n) is 8.52. The van der Waals surface area contributed by atoms with Crippen molar-refractivity contribution in [1.29, 1.82) is 0 Å². The van der Waals surface area contributed by atoms with Gasteiger partial charge in [0.25, 0.3) is 5.91 Å². The van der Waals surface area contributed by atoms with E-state index in [0.29, 0.717) is 16.8 Å². The zero-order valence-electron chi connectivity index (χ0n) is 15.7. The smallest absolute Gasteiger partial charge is 0.357 e. The molecule has 1 N–H and O–H groups in total. The van der Waals surface area contributed by atoms with Crippen molar-refractivity contribution in [2.24, 2.45) is 0 Å². The molecule has 140 valence electrons. The Morgan fingerprint density at radius 1 is 1.27 bits per heavy atom. The maximum absolute atomic E-state index is 12.4. The first-order chi connectivity index (χ1) is 12.3. The Hall–Kier alpha value is -2.41. The molecule has 1 aromatic heterocycles. The zero-order chi connectivity index (χ0) is 19.3. The van der Waals surface area contributed by atoms with E-state index in [0.717, 1.165) is 11.1 Å². The van der Waals surface area contributed by atoms with Crippen LogP contribution in [-0.4, -0.2) is 29.6 Å². The van der Waals surface area contributed by atoms with Gasteiger partial charge in [-0.2, -0.15) is 0 Å². The number of thiazole rings is 1. The van der Waals surface area contributed by atoms with Gasteiger partial charge in [-0.3, -0.25) is 10.1 Å². The molecule has 0 aliphatic carbocycles. The molecule has 1 amide bonds. The minimum absolute atomic E-state index is 0.182. The molecule has 6 nitrogen and oxygen atoms in total. The first kappa shape index (κ1) is 19.9. The largest absolute Gasteiger partial charge is 0.481 e. The van der Waals surface area contributed by atoms with Crippen molar-refractivity contribution in [2.45, 2.75) is 46.6 Å². The number of rotatable bonds is 7. The van der Waals surface area contributed by atoms with E-state index in [4.69, 9.17) is 9.47 Å². The highest BCUT2D eigenvalue weighted by atomic mass is 32.1. The SMILES string of the molecule is CCOC(=O)c1csc(NC(=O)C(C)Oc2cc(C(C)C)ccc2C)n1. The summed E-state index contributed by atoms with van der Waals surface area (Å²) in [5.74, 6) is 0.225.